The molecule has 0 saturated carbocycles. The summed E-state index contributed by atoms with van der Waals surface area (Å²) in [5, 5.41) is 0. The van der Waals surface area contributed by atoms with Crippen molar-refractivity contribution >= 4 is 35.5 Å². The molecule has 3 aliphatic rings. The number of ether oxygens (including phenoxy) is 2. The van der Waals surface area contributed by atoms with Gasteiger partial charge in [-0.1, -0.05) is 13.0 Å². The first-order chi connectivity index (χ1) is 11.5. The molecule has 6 heteroatoms. The zero-order valence-electron chi connectivity index (χ0n) is 14.4. The fourth-order valence-electron chi connectivity index (χ4n) is 3.72. The summed E-state index contributed by atoms with van der Waals surface area (Å²) in [6.07, 6.45) is 3.43. The van der Waals surface area contributed by atoms with Gasteiger partial charge < -0.3 is 9.47 Å². The number of thioether (sulfide) groups is 2. The standard InChI is InChI=1S/C18H24O4S2/c1-4-21-16(19)14-10(2)8-12(18-23-6-5-7-24-18)13-11(3)9-22-17(20)15(13)14/h8,10,14-15,18H,4-7,9H2,1-3H3/t10-,14-,15-/m0/s1. The van der Waals surface area contributed by atoms with Crippen molar-refractivity contribution in [3.05, 3.63) is 22.8 Å². The van der Waals surface area contributed by atoms with E-state index < -0.39 is 11.8 Å². The molecule has 4 nitrogen and oxygen atoms in total. The fraction of sp³-hybridized carbons (Fsp3) is 0.667. The number of rotatable bonds is 3. The molecule has 3 rings (SSSR count). The van der Waals surface area contributed by atoms with Crippen molar-refractivity contribution < 1.29 is 19.1 Å². The van der Waals surface area contributed by atoms with E-state index in [1.165, 1.54) is 12.0 Å². The number of esters is 2. The first-order valence-corrected chi connectivity index (χ1v) is 10.6. The van der Waals surface area contributed by atoms with Gasteiger partial charge in [0.25, 0.3) is 0 Å². The molecule has 0 radical (unpaired) electrons. The van der Waals surface area contributed by atoms with Gasteiger partial charge in [-0.15, -0.1) is 23.5 Å². The summed E-state index contributed by atoms with van der Waals surface area (Å²) in [7, 11) is 0. The second-order valence-corrected chi connectivity index (χ2v) is 9.19. The Bertz CT molecular complexity index is 590. The average Bonchev–Trinajstić information content (AvgIpc) is 2.58. The lowest BCUT2D eigenvalue weighted by Gasteiger charge is -2.40. The number of hydrogen-bond donors (Lipinski definition) is 0. The van der Waals surface area contributed by atoms with Crippen LogP contribution in [0.15, 0.2) is 22.8 Å². The molecule has 2 heterocycles. The molecule has 0 aromatic carbocycles. The van der Waals surface area contributed by atoms with Gasteiger partial charge in [0.05, 0.1) is 23.0 Å². The van der Waals surface area contributed by atoms with E-state index in [4.69, 9.17) is 9.47 Å². The van der Waals surface area contributed by atoms with Crippen LogP contribution in [0.2, 0.25) is 0 Å². The largest absolute Gasteiger partial charge is 0.466 e. The minimum Gasteiger partial charge on any atom is -0.466 e. The highest BCUT2D eigenvalue weighted by molar-refractivity contribution is 8.17. The number of carbonyl (C=O) groups is 2. The smallest absolute Gasteiger partial charge is 0.314 e. The lowest BCUT2D eigenvalue weighted by Crippen LogP contribution is -2.44. The van der Waals surface area contributed by atoms with E-state index in [1.807, 2.05) is 37.4 Å². The molecule has 1 aliphatic carbocycles. The second-order valence-electron chi connectivity index (χ2n) is 6.47. The van der Waals surface area contributed by atoms with Crippen molar-refractivity contribution in [1.29, 1.82) is 0 Å². The Balaban J connectivity index is 2.03. The van der Waals surface area contributed by atoms with Gasteiger partial charge in [0.1, 0.15) is 6.61 Å². The molecule has 0 bridgehead atoms. The predicted octanol–water partition coefficient (Wildman–Crippen LogP) is 3.43. The first-order valence-electron chi connectivity index (χ1n) is 8.52. The Morgan fingerprint density at radius 2 is 2.08 bits per heavy atom. The van der Waals surface area contributed by atoms with Crippen LogP contribution in [0.25, 0.3) is 0 Å². The van der Waals surface area contributed by atoms with Crippen molar-refractivity contribution in [1.82, 2.24) is 0 Å². The maximum absolute atomic E-state index is 12.6. The Labute approximate surface area is 151 Å². The van der Waals surface area contributed by atoms with Gasteiger partial charge in [0.15, 0.2) is 0 Å². The van der Waals surface area contributed by atoms with Gasteiger partial charge in [-0.25, -0.2) is 0 Å². The molecule has 0 amide bonds. The molecule has 1 saturated heterocycles. The number of cyclic esters (lactones) is 1. The van der Waals surface area contributed by atoms with Gasteiger partial charge in [0.2, 0.25) is 0 Å². The van der Waals surface area contributed by atoms with E-state index >= 15 is 0 Å². The number of allylic oxidation sites excluding steroid dienone is 1. The van der Waals surface area contributed by atoms with Crippen LogP contribution in [-0.4, -0.2) is 41.2 Å². The highest BCUT2D eigenvalue weighted by Crippen LogP contribution is 2.49. The van der Waals surface area contributed by atoms with E-state index in [1.54, 1.807) is 6.92 Å². The van der Waals surface area contributed by atoms with Gasteiger partial charge in [-0.3, -0.25) is 9.59 Å². The van der Waals surface area contributed by atoms with Gasteiger partial charge in [-0.2, -0.15) is 0 Å². The Morgan fingerprint density at radius 1 is 1.38 bits per heavy atom. The molecule has 1 fully saturated rings. The molecular formula is C18H24O4S2. The van der Waals surface area contributed by atoms with Gasteiger partial charge >= 0.3 is 11.9 Å². The Kier molecular flexibility index (Phi) is 5.65. The number of hydrogen-bond acceptors (Lipinski definition) is 6. The topological polar surface area (TPSA) is 52.6 Å². The third kappa shape index (κ3) is 3.27. The quantitative estimate of drug-likeness (QED) is 0.712. The van der Waals surface area contributed by atoms with Crippen molar-refractivity contribution in [3.8, 4) is 0 Å². The normalized spacial score (nSPS) is 31.2. The minimum absolute atomic E-state index is 0.0330. The van der Waals surface area contributed by atoms with E-state index in [2.05, 4.69) is 6.08 Å². The third-order valence-corrected chi connectivity index (χ3v) is 7.75. The molecule has 132 valence electrons. The lowest BCUT2D eigenvalue weighted by molar-refractivity contribution is -0.161. The van der Waals surface area contributed by atoms with Crippen molar-refractivity contribution in [2.45, 2.75) is 31.8 Å². The molecule has 0 aromatic heterocycles. The van der Waals surface area contributed by atoms with Crippen LogP contribution in [0.1, 0.15) is 27.2 Å². The van der Waals surface area contributed by atoms with Crippen LogP contribution in [0.4, 0.5) is 0 Å². The average molecular weight is 369 g/mol. The third-order valence-electron chi connectivity index (χ3n) is 4.77. The number of carbonyl (C=O) groups excluding carboxylic acids is 2. The summed E-state index contributed by atoms with van der Waals surface area (Å²) in [5.74, 6) is 0.684. The molecular weight excluding hydrogens is 344 g/mol. The highest BCUT2D eigenvalue weighted by atomic mass is 32.2. The maximum Gasteiger partial charge on any atom is 0.314 e. The van der Waals surface area contributed by atoms with Crippen molar-refractivity contribution in [2.75, 3.05) is 24.7 Å². The fourth-order valence-corrected chi connectivity index (χ4v) is 6.69. The van der Waals surface area contributed by atoms with Crippen LogP contribution >= 0.6 is 23.5 Å². The van der Waals surface area contributed by atoms with Crippen LogP contribution in [-0.2, 0) is 19.1 Å². The first kappa shape index (κ1) is 17.9. The van der Waals surface area contributed by atoms with Crippen LogP contribution in [0.5, 0.6) is 0 Å². The van der Waals surface area contributed by atoms with E-state index in [-0.39, 0.29) is 17.9 Å². The summed E-state index contributed by atoms with van der Waals surface area (Å²) in [6, 6.07) is 0. The zero-order valence-corrected chi connectivity index (χ0v) is 16.0. The lowest BCUT2D eigenvalue weighted by atomic mass is 9.69. The van der Waals surface area contributed by atoms with E-state index in [0.29, 0.717) is 17.8 Å². The van der Waals surface area contributed by atoms with Crippen molar-refractivity contribution in [3.63, 3.8) is 0 Å². The predicted molar refractivity (Wildman–Crippen MR) is 97.8 cm³/mol. The molecule has 0 unspecified atom stereocenters. The van der Waals surface area contributed by atoms with Gasteiger partial charge in [0, 0.05) is 0 Å². The van der Waals surface area contributed by atoms with E-state index in [0.717, 1.165) is 22.7 Å². The summed E-state index contributed by atoms with van der Waals surface area (Å²) >= 11 is 3.89. The summed E-state index contributed by atoms with van der Waals surface area (Å²) in [6.45, 7) is 6.47. The second kappa shape index (κ2) is 7.56. The van der Waals surface area contributed by atoms with Crippen molar-refractivity contribution in [2.24, 2.45) is 17.8 Å². The Morgan fingerprint density at radius 3 is 2.75 bits per heavy atom. The van der Waals surface area contributed by atoms with E-state index in [9.17, 15) is 9.59 Å². The molecule has 2 aliphatic heterocycles. The highest BCUT2D eigenvalue weighted by Gasteiger charge is 2.48. The van der Waals surface area contributed by atoms with Crippen LogP contribution in [0.3, 0.4) is 0 Å². The zero-order chi connectivity index (χ0) is 17.3. The Hall–Kier alpha value is -0.880. The number of fused-ring (bicyclic) bond motifs is 1. The summed E-state index contributed by atoms with van der Waals surface area (Å²) in [4.78, 5) is 25.1. The van der Waals surface area contributed by atoms with Crippen LogP contribution < -0.4 is 0 Å². The maximum atomic E-state index is 12.6. The molecule has 0 aromatic rings. The molecule has 24 heavy (non-hydrogen) atoms. The monoisotopic (exact) mass is 368 g/mol. The van der Waals surface area contributed by atoms with Crippen LogP contribution in [0, 0.1) is 17.8 Å². The van der Waals surface area contributed by atoms with Gasteiger partial charge in [-0.05, 0) is 54.4 Å². The molecule has 0 N–H and O–H groups in total. The molecule has 0 spiro atoms. The minimum atomic E-state index is -0.518. The summed E-state index contributed by atoms with van der Waals surface area (Å²) < 4.78 is 11.0. The SMILES string of the molecule is CCOC(=O)[C@@H]1[C@H]2C(=O)OCC(C)=C2C(C2SCCCS2)=C[C@@H]1C. The summed E-state index contributed by atoms with van der Waals surface area (Å²) in [5.41, 5.74) is 3.34. The molecule has 3 atom stereocenters.